The summed E-state index contributed by atoms with van der Waals surface area (Å²) in [4.78, 5) is 42.0. The second-order valence-corrected chi connectivity index (χ2v) is 8.64. The Kier molecular flexibility index (Phi) is 4.96. The van der Waals surface area contributed by atoms with Gasteiger partial charge in [-0.05, 0) is 23.6 Å². The molecule has 0 spiro atoms. The third kappa shape index (κ3) is 3.14. The minimum absolute atomic E-state index is 0.286. The van der Waals surface area contributed by atoms with Crippen molar-refractivity contribution in [2.75, 3.05) is 18.5 Å². The van der Waals surface area contributed by atoms with Crippen LogP contribution in [0.2, 0.25) is 0 Å². The van der Waals surface area contributed by atoms with Gasteiger partial charge in [0.05, 0.1) is 6.54 Å². The number of carbonyl (C=O) groups is 3. The number of para-hydroxylation sites is 1. The monoisotopic (exact) mass is 417 g/mol. The Morgan fingerprint density at radius 1 is 1.03 bits per heavy atom. The Labute approximate surface area is 182 Å². The fourth-order valence-electron chi connectivity index (χ4n) is 4.74. The molecule has 1 atom stereocenters. The van der Waals surface area contributed by atoms with Gasteiger partial charge in [0, 0.05) is 29.9 Å². The third-order valence-corrected chi connectivity index (χ3v) is 6.52. The minimum atomic E-state index is -1.13. The molecule has 4 rings (SSSR count). The summed E-state index contributed by atoms with van der Waals surface area (Å²) in [5, 5.41) is 2.83. The molecule has 2 aromatic rings. The summed E-state index contributed by atoms with van der Waals surface area (Å²) in [6.45, 7) is 5.70. The Morgan fingerprint density at radius 2 is 1.68 bits per heavy atom. The van der Waals surface area contributed by atoms with Crippen LogP contribution in [0.5, 0.6) is 0 Å². The summed E-state index contributed by atoms with van der Waals surface area (Å²) in [5.74, 6) is -0.675. The summed E-state index contributed by atoms with van der Waals surface area (Å²) in [7, 11) is 1.93. The predicted molar refractivity (Wildman–Crippen MR) is 120 cm³/mol. The number of nitrogens with zero attached hydrogens (tertiary/aromatic N) is 2. The lowest BCUT2D eigenvalue weighted by atomic mass is 9.83. The van der Waals surface area contributed by atoms with E-state index in [4.69, 9.17) is 0 Å². The molecule has 0 aromatic heterocycles. The highest BCUT2D eigenvalue weighted by Crippen LogP contribution is 2.46. The number of hydrogen-bond donors (Lipinski definition) is 1. The Morgan fingerprint density at radius 3 is 2.32 bits per heavy atom. The fraction of sp³-hybridized carbons (Fsp3) is 0.320. The number of amides is 3. The summed E-state index contributed by atoms with van der Waals surface area (Å²) >= 11 is 0. The van der Waals surface area contributed by atoms with Crippen molar-refractivity contribution in [3.8, 4) is 0 Å². The molecule has 0 unspecified atom stereocenters. The normalized spacial score (nSPS) is 23.3. The van der Waals surface area contributed by atoms with E-state index in [0.717, 1.165) is 27.4 Å². The molecule has 0 saturated carbocycles. The molecule has 6 heteroatoms. The topological polar surface area (TPSA) is 69.7 Å². The van der Waals surface area contributed by atoms with Crippen LogP contribution in [0.25, 0.3) is 0 Å². The van der Waals surface area contributed by atoms with Crippen molar-refractivity contribution in [3.05, 3.63) is 77.5 Å². The zero-order chi connectivity index (χ0) is 22.4. The number of imide groups is 1. The summed E-state index contributed by atoms with van der Waals surface area (Å²) < 4.78 is 0. The average Bonchev–Trinajstić information content (AvgIpc) is 3.12. The van der Waals surface area contributed by atoms with Crippen molar-refractivity contribution in [1.82, 2.24) is 10.2 Å². The van der Waals surface area contributed by atoms with Crippen LogP contribution in [-0.4, -0.2) is 36.2 Å². The molecule has 160 valence electrons. The van der Waals surface area contributed by atoms with Crippen LogP contribution in [0.3, 0.4) is 0 Å². The van der Waals surface area contributed by atoms with Gasteiger partial charge in [-0.3, -0.25) is 14.5 Å². The molecule has 0 aliphatic carbocycles. The first-order chi connectivity index (χ1) is 14.7. The van der Waals surface area contributed by atoms with Crippen molar-refractivity contribution < 1.29 is 14.4 Å². The van der Waals surface area contributed by atoms with E-state index < -0.39 is 11.6 Å². The largest absolute Gasteiger partial charge is 0.347 e. The number of hydrogen-bond acceptors (Lipinski definition) is 4. The molecule has 3 amide bonds. The van der Waals surface area contributed by atoms with Crippen LogP contribution < -0.4 is 10.2 Å². The fourth-order valence-corrected chi connectivity index (χ4v) is 4.74. The van der Waals surface area contributed by atoms with E-state index in [-0.39, 0.29) is 23.7 Å². The Hall–Kier alpha value is -3.41. The van der Waals surface area contributed by atoms with Gasteiger partial charge >= 0.3 is 6.03 Å². The van der Waals surface area contributed by atoms with E-state index in [1.54, 1.807) is 6.08 Å². The van der Waals surface area contributed by atoms with Gasteiger partial charge < -0.3 is 10.2 Å². The number of nitrogens with one attached hydrogen (secondary N) is 1. The maximum absolute atomic E-state index is 13.3. The standard InChI is InChI=1S/C25H27N3O3/c1-5-25(17-11-7-6-8-12-17)22(30)28(23(31)26-25)16-18(29)15-21-24(2,3)19-13-9-10-14-20(19)27(21)4/h6-15H,5,16H2,1-4H3,(H,26,31)/b21-15+/t25-/m0/s1. The number of likely N-dealkylation sites (N-methyl/N-ethyl adjacent to an activating group) is 1. The van der Waals surface area contributed by atoms with E-state index in [1.807, 2.05) is 67.4 Å². The van der Waals surface area contributed by atoms with Crippen LogP contribution in [0.1, 0.15) is 38.3 Å². The van der Waals surface area contributed by atoms with Gasteiger partial charge in [-0.1, -0.05) is 69.3 Å². The van der Waals surface area contributed by atoms with E-state index >= 15 is 0 Å². The number of benzene rings is 2. The number of allylic oxidation sites excluding steroid dienone is 1. The minimum Gasteiger partial charge on any atom is -0.347 e. The van der Waals surface area contributed by atoms with Gasteiger partial charge in [-0.25, -0.2) is 4.79 Å². The van der Waals surface area contributed by atoms with Crippen molar-refractivity contribution >= 4 is 23.4 Å². The van der Waals surface area contributed by atoms with Gasteiger partial charge in [0.25, 0.3) is 5.91 Å². The molecule has 2 aliphatic heterocycles. The van der Waals surface area contributed by atoms with Crippen molar-refractivity contribution in [3.63, 3.8) is 0 Å². The maximum atomic E-state index is 13.3. The molecule has 2 aliphatic rings. The molecular formula is C25H27N3O3. The molecule has 2 aromatic carbocycles. The molecule has 1 fully saturated rings. The highest BCUT2D eigenvalue weighted by Gasteiger charge is 2.51. The zero-order valence-electron chi connectivity index (χ0n) is 18.3. The number of anilines is 1. The van der Waals surface area contributed by atoms with Gasteiger partial charge in [0.15, 0.2) is 5.78 Å². The van der Waals surface area contributed by atoms with E-state index in [2.05, 4.69) is 25.2 Å². The number of rotatable bonds is 5. The molecule has 0 radical (unpaired) electrons. The van der Waals surface area contributed by atoms with E-state index in [1.165, 1.54) is 0 Å². The zero-order valence-corrected chi connectivity index (χ0v) is 18.3. The highest BCUT2D eigenvalue weighted by atomic mass is 16.2. The Bertz CT molecular complexity index is 1090. The molecule has 31 heavy (non-hydrogen) atoms. The summed E-state index contributed by atoms with van der Waals surface area (Å²) in [5.41, 5.74) is 2.27. The molecule has 1 saturated heterocycles. The van der Waals surface area contributed by atoms with Crippen LogP contribution in [0, 0.1) is 0 Å². The lowest BCUT2D eigenvalue weighted by molar-refractivity contribution is -0.134. The van der Waals surface area contributed by atoms with Crippen LogP contribution >= 0.6 is 0 Å². The first-order valence-corrected chi connectivity index (χ1v) is 10.5. The summed E-state index contributed by atoms with van der Waals surface area (Å²) in [6, 6.07) is 16.7. The van der Waals surface area contributed by atoms with Gasteiger partial charge in [-0.2, -0.15) is 0 Å². The molecule has 6 nitrogen and oxygen atoms in total. The Balaban J connectivity index is 1.60. The smallest absolute Gasteiger partial charge is 0.325 e. The van der Waals surface area contributed by atoms with E-state index in [0.29, 0.717) is 6.42 Å². The maximum Gasteiger partial charge on any atom is 0.325 e. The quantitative estimate of drug-likeness (QED) is 0.595. The van der Waals surface area contributed by atoms with Crippen LogP contribution in [0.4, 0.5) is 10.5 Å². The first-order valence-electron chi connectivity index (χ1n) is 10.5. The highest BCUT2D eigenvalue weighted by molar-refractivity contribution is 6.10. The first kappa shape index (κ1) is 20.8. The van der Waals surface area contributed by atoms with E-state index in [9.17, 15) is 14.4 Å². The summed E-state index contributed by atoms with van der Waals surface area (Å²) in [6.07, 6.45) is 1.97. The average molecular weight is 418 g/mol. The predicted octanol–water partition coefficient (Wildman–Crippen LogP) is 3.72. The van der Waals surface area contributed by atoms with Crippen LogP contribution in [0.15, 0.2) is 66.4 Å². The number of urea groups is 1. The lowest BCUT2D eigenvalue weighted by Crippen LogP contribution is -2.43. The third-order valence-electron chi connectivity index (χ3n) is 6.52. The van der Waals surface area contributed by atoms with Crippen LogP contribution in [-0.2, 0) is 20.5 Å². The molecular weight excluding hydrogens is 390 g/mol. The molecule has 2 heterocycles. The van der Waals surface area contributed by atoms with Crippen molar-refractivity contribution in [2.24, 2.45) is 0 Å². The van der Waals surface area contributed by atoms with Crippen molar-refractivity contribution in [1.29, 1.82) is 0 Å². The number of fused-ring (bicyclic) bond motifs is 1. The number of ketones is 1. The molecule has 0 bridgehead atoms. The second kappa shape index (κ2) is 7.38. The van der Waals surface area contributed by atoms with Crippen molar-refractivity contribution in [2.45, 2.75) is 38.1 Å². The van der Waals surface area contributed by atoms with Gasteiger partial charge in [0.1, 0.15) is 5.54 Å². The second-order valence-electron chi connectivity index (χ2n) is 8.64. The molecule has 1 N–H and O–H groups in total. The van der Waals surface area contributed by atoms with Gasteiger partial charge in [-0.15, -0.1) is 0 Å². The lowest BCUT2D eigenvalue weighted by Gasteiger charge is -2.26. The van der Waals surface area contributed by atoms with Gasteiger partial charge in [0.2, 0.25) is 0 Å². The number of carbonyl (C=O) groups excluding carboxylic acids is 3. The SMILES string of the molecule is CC[C@@]1(c2ccccc2)NC(=O)N(CC(=O)/C=C2/N(C)c3ccccc3C2(C)C)C1=O.